The van der Waals surface area contributed by atoms with Crippen molar-refractivity contribution in [2.75, 3.05) is 0 Å². The lowest BCUT2D eigenvalue weighted by atomic mass is 9.75. The molecule has 0 saturated carbocycles. The third-order valence-electron chi connectivity index (χ3n) is 4.65. The van der Waals surface area contributed by atoms with Crippen LogP contribution >= 0.6 is 0 Å². The van der Waals surface area contributed by atoms with Crippen LogP contribution in [-0.4, -0.2) is 20.7 Å². The molecule has 2 atom stereocenters. The Morgan fingerprint density at radius 2 is 1.61 bits per heavy atom. The quantitative estimate of drug-likeness (QED) is 0.405. The number of hydrogen-bond donors (Lipinski definition) is 0. The summed E-state index contributed by atoms with van der Waals surface area (Å²) in [4.78, 5) is 11.5. The highest BCUT2D eigenvalue weighted by Gasteiger charge is 2.44. The molecule has 0 unspecified atom stereocenters. The van der Waals surface area contributed by atoms with Gasteiger partial charge in [-0.1, -0.05) is 47.6 Å². The van der Waals surface area contributed by atoms with Gasteiger partial charge in [0.2, 0.25) is 0 Å². The molecule has 18 heavy (non-hydrogen) atoms. The largest absolute Gasteiger partial charge is 0.406 e. The second kappa shape index (κ2) is 5.70. The molecule has 0 bridgehead atoms. The van der Waals surface area contributed by atoms with Gasteiger partial charge in [0.15, 0.2) is 8.32 Å². The van der Waals surface area contributed by atoms with Crippen molar-refractivity contribution in [3.8, 4) is 0 Å². The van der Waals surface area contributed by atoms with Crippen LogP contribution in [0.3, 0.4) is 0 Å². The van der Waals surface area contributed by atoms with Crippen molar-refractivity contribution in [1.82, 2.24) is 0 Å². The fourth-order valence-electron chi connectivity index (χ4n) is 1.48. The Bertz CT molecular complexity index is 302. The Hall–Kier alpha value is -0.413. The van der Waals surface area contributed by atoms with Crippen LogP contribution in [0.15, 0.2) is 12.7 Å². The molecule has 0 aromatic carbocycles. The molecule has 3 heteroatoms. The van der Waals surface area contributed by atoms with E-state index in [2.05, 4.69) is 61.2 Å². The summed E-state index contributed by atoms with van der Waals surface area (Å²) in [6.07, 6.45) is 2.40. The van der Waals surface area contributed by atoms with Crippen LogP contribution in [0.2, 0.25) is 18.1 Å². The van der Waals surface area contributed by atoms with Crippen molar-refractivity contribution in [2.45, 2.75) is 65.8 Å². The van der Waals surface area contributed by atoms with Crippen LogP contribution in [0.25, 0.3) is 0 Å². The summed E-state index contributed by atoms with van der Waals surface area (Å²) in [5.74, 6) is 0.315. The smallest absolute Gasteiger partial charge is 0.193 e. The van der Waals surface area contributed by atoms with E-state index in [9.17, 15) is 4.79 Å². The summed E-state index contributed by atoms with van der Waals surface area (Å²) >= 11 is 0. The highest BCUT2D eigenvalue weighted by atomic mass is 28.4. The molecule has 0 aromatic heterocycles. The zero-order chi connectivity index (χ0) is 14.8. The van der Waals surface area contributed by atoms with Crippen LogP contribution in [0.4, 0.5) is 0 Å². The average Bonchev–Trinajstić information content (AvgIpc) is 2.22. The minimum atomic E-state index is -1.94. The molecule has 0 aliphatic rings. The van der Waals surface area contributed by atoms with E-state index in [1.165, 1.54) is 0 Å². The van der Waals surface area contributed by atoms with E-state index in [-0.39, 0.29) is 10.5 Å². The molecule has 0 aromatic rings. The van der Waals surface area contributed by atoms with E-state index in [0.717, 1.165) is 6.29 Å². The Morgan fingerprint density at radius 3 is 1.83 bits per heavy atom. The second-order valence-electron chi connectivity index (χ2n) is 7.16. The first-order chi connectivity index (χ1) is 7.92. The molecule has 0 radical (unpaired) electrons. The zero-order valence-corrected chi connectivity index (χ0v) is 14.3. The summed E-state index contributed by atoms with van der Waals surface area (Å²) in [5, 5.41) is 0.104. The minimum absolute atomic E-state index is 0.104. The van der Waals surface area contributed by atoms with E-state index in [1.54, 1.807) is 0 Å². The SMILES string of the molecule is C=C[C@](C)(C(C)C)[C@H](C=O)O[Si](C)(C)C(C)(C)C. The minimum Gasteiger partial charge on any atom is -0.406 e. The topological polar surface area (TPSA) is 26.3 Å². The highest BCUT2D eigenvalue weighted by Crippen LogP contribution is 2.41. The third kappa shape index (κ3) is 3.54. The number of rotatable bonds is 6. The van der Waals surface area contributed by atoms with Crippen molar-refractivity contribution in [1.29, 1.82) is 0 Å². The molecule has 0 N–H and O–H groups in total. The van der Waals surface area contributed by atoms with Crippen molar-refractivity contribution < 1.29 is 9.22 Å². The molecule has 0 amide bonds. The van der Waals surface area contributed by atoms with E-state index in [4.69, 9.17) is 4.43 Å². The lowest BCUT2D eigenvalue weighted by Gasteiger charge is -2.44. The molecule has 0 heterocycles. The zero-order valence-electron chi connectivity index (χ0n) is 13.3. The fraction of sp³-hybridized carbons (Fsp3) is 0.800. The van der Waals surface area contributed by atoms with Crippen LogP contribution in [0, 0.1) is 11.3 Å². The van der Waals surface area contributed by atoms with Gasteiger partial charge in [-0.05, 0) is 24.1 Å². The van der Waals surface area contributed by atoms with Crippen molar-refractivity contribution in [3.05, 3.63) is 12.7 Å². The molecule has 0 rings (SSSR count). The molecular formula is C15H30O2Si. The first-order valence-corrected chi connectivity index (χ1v) is 9.60. The molecule has 0 aliphatic carbocycles. The lowest BCUT2D eigenvalue weighted by molar-refractivity contribution is -0.119. The van der Waals surface area contributed by atoms with Gasteiger partial charge in [-0.25, -0.2) is 0 Å². The fourth-order valence-corrected chi connectivity index (χ4v) is 2.77. The lowest BCUT2D eigenvalue weighted by Crippen LogP contribution is -2.50. The standard InChI is InChI=1S/C15H30O2Si/c1-10-15(7,12(2)3)13(11-16)17-18(8,9)14(4,5)6/h10-13H,1H2,2-9H3/t13-,15+/m0/s1. The molecule has 0 fully saturated rings. The maximum absolute atomic E-state index is 11.5. The predicted molar refractivity (Wildman–Crippen MR) is 81.3 cm³/mol. The Kier molecular flexibility index (Phi) is 5.57. The normalized spacial score (nSPS) is 18.3. The molecule has 0 saturated heterocycles. The highest BCUT2D eigenvalue weighted by molar-refractivity contribution is 6.74. The van der Waals surface area contributed by atoms with Crippen molar-refractivity contribution in [3.63, 3.8) is 0 Å². The van der Waals surface area contributed by atoms with Crippen molar-refractivity contribution in [2.24, 2.45) is 11.3 Å². The van der Waals surface area contributed by atoms with E-state index < -0.39 is 14.4 Å². The molecule has 106 valence electrons. The Balaban J connectivity index is 5.26. The van der Waals surface area contributed by atoms with Gasteiger partial charge >= 0.3 is 0 Å². The first-order valence-electron chi connectivity index (χ1n) is 6.69. The number of aldehydes is 1. The summed E-state index contributed by atoms with van der Waals surface area (Å²) in [6.45, 7) is 21.0. The number of carbonyl (C=O) groups excluding carboxylic acids is 1. The third-order valence-corrected chi connectivity index (χ3v) is 9.10. The van der Waals surface area contributed by atoms with Gasteiger partial charge in [-0.15, -0.1) is 6.58 Å². The summed E-state index contributed by atoms with van der Waals surface area (Å²) < 4.78 is 6.27. The van der Waals surface area contributed by atoms with Gasteiger partial charge < -0.3 is 9.22 Å². The Morgan fingerprint density at radius 1 is 1.17 bits per heavy atom. The van der Waals surface area contributed by atoms with Gasteiger partial charge in [0, 0.05) is 5.41 Å². The van der Waals surface area contributed by atoms with Crippen LogP contribution in [0.1, 0.15) is 41.5 Å². The summed E-state index contributed by atoms with van der Waals surface area (Å²) in [5.41, 5.74) is -0.308. The number of hydrogen-bond acceptors (Lipinski definition) is 2. The van der Waals surface area contributed by atoms with E-state index >= 15 is 0 Å². The van der Waals surface area contributed by atoms with Gasteiger partial charge in [-0.2, -0.15) is 0 Å². The molecular weight excluding hydrogens is 240 g/mol. The van der Waals surface area contributed by atoms with Gasteiger partial charge in [0.25, 0.3) is 0 Å². The molecule has 0 aliphatic heterocycles. The van der Waals surface area contributed by atoms with Crippen LogP contribution in [0.5, 0.6) is 0 Å². The van der Waals surface area contributed by atoms with Gasteiger partial charge in [-0.3, -0.25) is 0 Å². The molecule has 0 spiro atoms. The summed E-state index contributed by atoms with van der Waals surface area (Å²) in [7, 11) is -1.94. The van der Waals surface area contributed by atoms with E-state index in [0.29, 0.717) is 5.92 Å². The predicted octanol–water partition coefficient (Wildman–Crippen LogP) is 4.42. The monoisotopic (exact) mass is 270 g/mol. The summed E-state index contributed by atoms with van der Waals surface area (Å²) in [6, 6.07) is 0. The van der Waals surface area contributed by atoms with Gasteiger partial charge in [0.1, 0.15) is 12.4 Å². The van der Waals surface area contributed by atoms with Crippen molar-refractivity contribution >= 4 is 14.6 Å². The maximum atomic E-state index is 11.5. The van der Waals surface area contributed by atoms with E-state index in [1.807, 2.05) is 6.08 Å². The van der Waals surface area contributed by atoms with Crippen LogP contribution < -0.4 is 0 Å². The van der Waals surface area contributed by atoms with Gasteiger partial charge in [0.05, 0.1) is 0 Å². The Labute approximate surface area is 114 Å². The average molecular weight is 270 g/mol. The van der Waals surface area contributed by atoms with Crippen LogP contribution in [-0.2, 0) is 9.22 Å². The maximum Gasteiger partial charge on any atom is 0.193 e. The first kappa shape index (κ1) is 17.6. The second-order valence-corrected chi connectivity index (χ2v) is 11.9. The number of carbonyl (C=O) groups is 1. The molecule has 2 nitrogen and oxygen atoms in total.